The fourth-order valence-corrected chi connectivity index (χ4v) is 2.63. The van der Waals surface area contributed by atoms with Crippen molar-refractivity contribution in [3.8, 4) is 0 Å². The molecule has 1 atom stereocenters. The predicted molar refractivity (Wildman–Crippen MR) is 56.1 cm³/mol. The number of nitrogens with one attached hydrogen (secondary N) is 1. The molecule has 1 aliphatic heterocycles. The van der Waals surface area contributed by atoms with Crippen LogP contribution in [-0.4, -0.2) is 23.3 Å². The second kappa shape index (κ2) is 4.11. The Morgan fingerprint density at radius 2 is 2.54 bits per heavy atom. The van der Waals surface area contributed by atoms with Gasteiger partial charge in [-0.3, -0.25) is 0 Å². The van der Waals surface area contributed by atoms with E-state index in [0.717, 1.165) is 18.1 Å². The Morgan fingerprint density at radius 1 is 1.62 bits per heavy atom. The number of rotatable bonds is 2. The maximum absolute atomic E-state index is 4.34. The molecule has 1 aromatic heterocycles. The van der Waals surface area contributed by atoms with E-state index in [1.807, 2.05) is 24.0 Å². The Labute approximate surface area is 83.1 Å². The summed E-state index contributed by atoms with van der Waals surface area (Å²) in [5.41, 5.74) is 1.29. The zero-order valence-electron chi connectivity index (χ0n) is 7.79. The van der Waals surface area contributed by atoms with Gasteiger partial charge in [-0.1, -0.05) is 0 Å². The highest BCUT2D eigenvalue weighted by molar-refractivity contribution is 7.99. The van der Waals surface area contributed by atoms with E-state index in [4.69, 9.17) is 0 Å². The van der Waals surface area contributed by atoms with Crippen LogP contribution in [0.3, 0.4) is 0 Å². The summed E-state index contributed by atoms with van der Waals surface area (Å²) in [6, 6.07) is 4.19. The van der Waals surface area contributed by atoms with Crippen LogP contribution in [0.15, 0.2) is 23.4 Å². The largest absolute Gasteiger partial charge is 0.316 e. The maximum Gasteiger partial charge on any atom is 0.0965 e. The third-order valence-corrected chi connectivity index (χ3v) is 3.39. The molecule has 70 valence electrons. The monoisotopic (exact) mass is 194 g/mol. The van der Waals surface area contributed by atoms with Crippen molar-refractivity contribution in [2.75, 3.05) is 13.1 Å². The highest BCUT2D eigenvalue weighted by Gasteiger charge is 2.15. The lowest BCUT2D eigenvalue weighted by molar-refractivity contribution is 0.858. The molecule has 2 rings (SSSR count). The number of aryl methyl sites for hydroxylation is 1. The zero-order chi connectivity index (χ0) is 9.10. The molecule has 3 heteroatoms. The topological polar surface area (TPSA) is 24.9 Å². The smallest absolute Gasteiger partial charge is 0.0965 e. The minimum Gasteiger partial charge on any atom is -0.316 e. The summed E-state index contributed by atoms with van der Waals surface area (Å²) >= 11 is 1.89. The summed E-state index contributed by atoms with van der Waals surface area (Å²) in [5, 5.41) is 5.24. The van der Waals surface area contributed by atoms with E-state index in [9.17, 15) is 0 Å². The Kier molecular flexibility index (Phi) is 2.86. The standard InChI is InChI=1S/C10H14N2S/c1-8-2-5-12-10(6-8)13-9-3-4-11-7-9/h2,5-6,9,11H,3-4,7H2,1H3. The van der Waals surface area contributed by atoms with Crippen LogP contribution >= 0.6 is 11.8 Å². The minimum absolute atomic E-state index is 0.717. The lowest BCUT2D eigenvalue weighted by Gasteiger charge is -2.06. The number of thioether (sulfide) groups is 1. The van der Waals surface area contributed by atoms with Crippen molar-refractivity contribution in [1.29, 1.82) is 0 Å². The van der Waals surface area contributed by atoms with Gasteiger partial charge >= 0.3 is 0 Å². The average Bonchev–Trinajstić information content (AvgIpc) is 2.57. The van der Waals surface area contributed by atoms with E-state index < -0.39 is 0 Å². The van der Waals surface area contributed by atoms with Gasteiger partial charge in [0.25, 0.3) is 0 Å². The van der Waals surface area contributed by atoms with E-state index in [-0.39, 0.29) is 0 Å². The predicted octanol–water partition coefficient (Wildman–Crippen LogP) is 1.84. The highest BCUT2D eigenvalue weighted by atomic mass is 32.2. The second-order valence-corrected chi connectivity index (χ2v) is 4.72. The minimum atomic E-state index is 0.717. The van der Waals surface area contributed by atoms with Crippen LogP contribution < -0.4 is 5.32 Å². The fourth-order valence-electron chi connectivity index (χ4n) is 1.47. The van der Waals surface area contributed by atoms with Crippen LogP contribution in [0, 0.1) is 6.92 Å². The van der Waals surface area contributed by atoms with Gasteiger partial charge in [0.05, 0.1) is 5.03 Å². The van der Waals surface area contributed by atoms with Crippen molar-refractivity contribution in [3.05, 3.63) is 23.9 Å². The molecule has 0 radical (unpaired) electrons. The molecule has 0 amide bonds. The Balaban J connectivity index is 2.00. The van der Waals surface area contributed by atoms with Crippen LogP contribution in [0.1, 0.15) is 12.0 Å². The van der Waals surface area contributed by atoms with Crippen molar-refractivity contribution in [2.24, 2.45) is 0 Å². The van der Waals surface area contributed by atoms with Gasteiger partial charge in [-0.2, -0.15) is 0 Å². The molecule has 0 aromatic carbocycles. The third-order valence-electron chi connectivity index (χ3n) is 2.19. The molecule has 1 aromatic rings. The van der Waals surface area contributed by atoms with Gasteiger partial charge in [-0.05, 0) is 37.6 Å². The van der Waals surface area contributed by atoms with Gasteiger partial charge in [0, 0.05) is 18.0 Å². The number of nitrogens with zero attached hydrogens (tertiary/aromatic N) is 1. The number of aromatic nitrogens is 1. The molecule has 1 unspecified atom stereocenters. The lowest BCUT2D eigenvalue weighted by Crippen LogP contribution is -2.10. The van der Waals surface area contributed by atoms with Gasteiger partial charge in [-0.15, -0.1) is 11.8 Å². The molecule has 1 N–H and O–H groups in total. The molecule has 13 heavy (non-hydrogen) atoms. The van der Waals surface area contributed by atoms with E-state index in [1.54, 1.807) is 0 Å². The van der Waals surface area contributed by atoms with Crippen LogP contribution in [0.5, 0.6) is 0 Å². The summed E-state index contributed by atoms with van der Waals surface area (Å²) in [6.07, 6.45) is 3.15. The first kappa shape index (κ1) is 9.03. The van der Waals surface area contributed by atoms with Crippen molar-refractivity contribution in [2.45, 2.75) is 23.6 Å². The van der Waals surface area contributed by atoms with Crippen molar-refractivity contribution < 1.29 is 0 Å². The fraction of sp³-hybridized carbons (Fsp3) is 0.500. The first-order valence-electron chi connectivity index (χ1n) is 4.64. The molecule has 0 bridgehead atoms. The quantitative estimate of drug-likeness (QED) is 0.777. The van der Waals surface area contributed by atoms with E-state index in [2.05, 4.69) is 23.3 Å². The summed E-state index contributed by atoms with van der Waals surface area (Å²) in [5.74, 6) is 0. The lowest BCUT2D eigenvalue weighted by atomic mass is 10.3. The van der Waals surface area contributed by atoms with Gasteiger partial charge in [0.1, 0.15) is 0 Å². The van der Waals surface area contributed by atoms with E-state index in [0.29, 0.717) is 5.25 Å². The molecule has 0 saturated carbocycles. The van der Waals surface area contributed by atoms with Crippen LogP contribution in [0.4, 0.5) is 0 Å². The highest BCUT2D eigenvalue weighted by Crippen LogP contribution is 2.25. The summed E-state index contributed by atoms with van der Waals surface area (Å²) in [6.45, 7) is 4.39. The Hall–Kier alpha value is -0.540. The molecular weight excluding hydrogens is 180 g/mol. The Morgan fingerprint density at radius 3 is 3.23 bits per heavy atom. The molecule has 1 saturated heterocycles. The van der Waals surface area contributed by atoms with Crippen molar-refractivity contribution in [1.82, 2.24) is 10.3 Å². The Bertz CT molecular complexity index is 282. The van der Waals surface area contributed by atoms with E-state index in [1.165, 1.54) is 12.0 Å². The van der Waals surface area contributed by atoms with Gasteiger partial charge in [0.2, 0.25) is 0 Å². The molecule has 0 aliphatic carbocycles. The molecule has 1 fully saturated rings. The van der Waals surface area contributed by atoms with Crippen LogP contribution in [0.2, 0.25) is 0 Å². The number of hydrogen-bond donors (Lipinski definition) is 1. The average molecular weight is 194 g/mol. The molecular formula is C10H14N2S. The maximum atomic E-state index is 4.34. The SMILES string of the molecule is Cc1ccnc(SC2CCNC2)c1. The number of pyridine rings is 1. The van der Waals surface area contributed by atoms with Crippen molar-refractivity contribution in [3.63, 3.8) is 0 Å². The molecule has 2 nitrogen and oxygen atoms in total. The summed E-state index contributed by atoms with van der Waals surface area (Å²) < 4.78 is 0. The zero-order valence-corrected chi connectivity index (χ0v) is 8.60. The number of hydrogen-bond acceptors (Lipinski definition) is 3. The summed E-state index contributed by atoms with van der Waals surface area (Å²) in [7, 11) is 0. The first-order valence-corrected chi connectivity index (χ1v) is 5.52. The van der Waals surface area contributed by atoms with Gasteiger partial charge < -0.3 is 5.32 Å². The van der Waals surface area contributed by atoms with Gasteiger partial charge in [0.15, 0.2) is 0 Å². The second-order valence-electron chi connectivity index (χ2n) is 3.40. The summed E-state index contributed by atoms with van der Waals surface area (Å²) in [4.78, 5) is 4.34. The first-order chi connectivity index (χ1) is 6.34. The van der Waals surface area contributed by atoms with Crippen LogP contribution in [-0.2, 0) is 0 Å². The normalized spacial score (nSPS) is 22.1. The van der Waals surface area contributed by atoms with Crippen LogP contribution in [0.25, 0.3) is 0 Å². The third kappa shape index (κ3) is 2.45. The van der Waals surface area contributed by atoms with E-state index >= 15 is 0 Å². The van der Waals surface area contributed by atoms with Crippen molar-refractivity contribution >= 4 is 11.8 Å². The molecule has 2 heterocycles. The van der Waals surface area contributed by atoms with Gasteiger partial charge in [-0.25, -0.2) is 4.98 Å². The molecule has 1 aliphatic rings. The molecule has 0 spiro atoms.